The summed E-state index contributed by atoms with van der Waals surface area (Å²) in [6, 6.07) is 27.0. The van der Waals surface area contributed by atoms with Gasteiger partial charge in [0, 0.05) is 30.1 Å². The van der Waals surface area contributed by atoms with Gasteiger partial charge in [-0.25, -0.2) is 0 Å². The molecule has 174 valence electrons. The van der Waals surface area contributed by atoms with E-state index in [9.17, 15) is 0 Å². The van der Waals surface area contributed by atoms with Gasteiger partial charge in [-0.2, -0.15) is 0 Å². The average Bonchev–Trinajstić information content (AvgIpc) is 3.47. The monoisotopic (exact) mass is 455 g/mol. The molecule has 1 fully saturated rings. The molecule has 2 aliphatic rings. The lowest BCUT2D eigenvalue weighted by Crippen LogP contribution is -2.46. The highest BCUT2D eigenvalue weighted by Gasteiger charge is 2.49. The molecule has 1 aromatic heterocycles. The molecule has 1 saturated heterocycles. The molecule has 1 spiro atoms. The van der Waals surface area contributed by atoms with Crippen LogP contribution in [0.2, 0.25) is 0 Å². The first kappa shape index (κ1) is 21.6. The van der Waals surface area contributed by atoms with Gasteiger partial charge >= 0.3 is 0 Å². The third-order valence-electron chi connectivity index (χ3n) is 6.77. The molecule has 5 heteroatoms. The zero-order chi connectivity index (χ0) is 22.8. The maximum absolute atomic E-state index is 6.67. The molecular weight excluding hydrogens is 426 g/mol. The van der Waals surface area contributed by atoms with Crippen LogP contribution in [-0.2, 0) is 44.6 Å². The first-order chi connectivity index (χ1) is 16.8. The van der Waals surface area contributed by atoms with Crippen molar-refractivity contribution in [3.63, 3.8) is 0 Å². The van der Waals surface area contributed by atoms with Crippen LogP contribution in [-0.4, -0.2) is 23.8 Å². The first-order valence-corrected chi connectivity index (χ1v) is 12.0. The van der Waals surface area contributed by atoms with E-state index in [1.54, 1.807) is 0 Å². The zero-order valence-corrected chi connectivity index (χ0v) is 19.1. The number of aromatic nitrogens is 1. The molecule has 1 N–H and O–H groups in total. The van der Waals surface area contributed by atoms with Gasteiger partial charge in [-0.15, -0.1) is 0 Å². The summed E-state index contributed by atoms with van der Waals surface area (Å²) < 4.78 is 25.6. The standard InChI is InChI=1S/C29H29NO4/c1-3-7-21(8-4-1)17-31-20-26-14-25(32-18-22-9-5-2-6-10-22)16-29(34-26)27-15-28-23(11-12-30-28)13-24(27)19-33-29/h1-13,15,25-26,30H,14,16-20H2/t25?,26-,29+/m0/s1. The Bertz CT molecular complexity index is 1240. The smallest absolute Gasteiger partial charge is 0.198 e. The van der Waals surface area contributed by atoms with Crippen LogP contribution in [0.25, 0.3) is 10.9 Å². The van der Waals surface area contributed by atoms with Crippen molar-refractivity contribution in [2.24, 2.45) is 0 Å². The van der Waals surface area contributed by atoms with E-state index < -0.39 is 5.79 Å². The van der Waals surface area contributed by atoms with Crippen LogP contribution >= 0.6 is 0 Å². The minimum absolute atomic E-state index is 0.00423. The third kappa shape index (κ3) is 4.40. The molecule has 3 aromatic carbocycles. The molecule has 0 radical (unpaired) electrons. The van der Waals surface area contributed by atoms with Gasteiger partial charge in [0.25, 0.3) is 0 Å². The summed E-state index contributed by atoms with van der Waals surface area (Å²) in [5.41, 5.74) is 5.70. The van der Waals surface area contributed by atoms with E-state index in [0.717, 1.165) is 23.1 Å². The maximum Gasteiger partial charge on any atom is 0.198 e. The lowest BCUT2D eigenvalue weighted by molar-refractivity contribution is -0.309. The molecule has 1 unspecified atom stereocenters. The topological polar surface area (TPSA) is 52.7 Å². The predicted octanol–water partition coefficient (Wildman–Crippen LogP) is 5.83. The van der Waals surface area contributed by atoms with Crippen molar-refractivity contribution in [1.29, 1.82) is 0 Å². The number of hydrogen-bond acceptors (Lipinski definition) is 4. The van der Waals surface area contributed by atoms with Gasteiger partial charge in [-0.3, -0.25) is 0 Å². The van der Waals surface area contributed by atoms with Crippen molar-refractivity contribution in [2.45, 2.75) is 50.7 Å². The Kier molecular flexibility index (Phi) is 5.93. The SMILES string of the molecule is c1ccc(COC[C@@H]2CC(OCc3ccccc3)C[C@@]3(OCc4cc5cc[nH]c5cc43)O2)cc1. The quantitative estimate of drug-likeness (QED) is 0.381. The number of rotatable bonds is 7. The molecule has 5 nitrogen and oxygen atoms in total. The summed E-state index contributed by atoms with van der Waals surface area (Å²) >= 11 is 0. The van der Waals surface area contributed by atoms with E-state index >= 15 is 0 Å². The number of fused-ring (bicyclic) bond motifs is 3. The number of H-pyrrole nitrogens is 1. The van der Waals surface area contributed by atoms with E-state index in [-0.39, 0.29) is 12.2 Å². The van der Waals surface area contributed by atoms with E-state index in [1.165, 1.54) is 16.5 Å². The summed E-state index contributed by atoms with van der Waals surface area (Å²) in [6.07, 6.45) is 3.29. The lowest BCUT2D eigenvalue weighted by Gasteiger charge is -2.42. The van der Waals surface area contributed by atoms with Crippen LogP contribution < -0.4 is 0 Å². The van der Waals surface area contributed by atoms with Crippen LogP contribution in [0, 0.1) is 0 Å². The third-order valence-corrected chi connectivity index (χ3v) is 6.77. The minimum Gasteiger partial charge on any atom is -0.374 e. The Morgan fingerprint density at radius 3 is 2.47 bits per heavy atom. The molecule has 3 atom stereocenters. The van der Waals surface area contributed by atoms with Gasteiger partial charge in [0.2, 0.25) is 0 Å². The van der Waals surface area contributed by atoms with Crippen LogP contribution in [0.3, 0.4) is 0 Å². The summed E-state index contributed by atoms with van der Waals surface area (Å²) in [5.74, 6) is -0.811. The minimum atomic E-state index is -0.811. The fourth-order valence-electron chi connectivity index (χ4n) is 5.10. The first-order valence-electron chi connectivity index (χ1n) is 12.0. The highest BCUT2D eigenvalue weighted by atomic mass is 16.7. The molecule has 0 amide bonds. The second-order valence-electron chi connectivity index (χ2n) is 9.21. The van der Waals surface area contributed by atoms with E-state index in [0.29, 0.717) is 32.8 Å². The Morgan fingerprint density at radius 2 is 1.68 bits per heavy atom. The fraction of sp³-hybridized carbons (Fsp3) is 0.310. The normalized spacial score (nSPS) is 24.0. The molecule has 4 aromatic rings. The van der Waals surface area contributed by atoms with Gasteiger partial charge in [0.1, 0.15) is 0 Å². The molecule has 6 rings (SSSR count). The Morgan fingerprint density at radius 1 is 0.912 bits per heavy atom. The molecule has 0 aliphatic carbocycles. The van der Waals surface area contributed by atoms with Crippen molar-refractivity contribution >= 4 is 10.9 Å². The van der Waals surface area contributed by atoms with Crippen molar-refractivity contribution in [2.75, 3.05) is 6.61 Å². The number of hydrogen-bond donors (Lipinski definition) is 1. The van der Waals surface area contributed by atoms with Crippen LogP contribution in [0.5, 0.6) is 0 Å². The van der Waals surface area contributed by atoms with Crippen molar-refractivity contribution in [1.82, 2.24) is 4.98 Å². The van der Waals surface area contributed by atoms with E-state index in [4.69, 9.17) is 18.9 Å². The largest absolute Gasteiger partial charge is 0.374 e. The molecule has 2 aliphatic heterocycles. The van der Waals surface area contributed by atoms with Crippen LogP contribution in [0.4, 0.5) is 0 Å². The van der Waals surface area contributed by atoms with Gasteiger partial charge < -0.3 is 23.9 Å². The predicted molar refractivity (Wildman–Crippen MR) is 130 cm³/mol. The second kappa shape index (κ2) is 9.35. The van der Waals surface area contributed by atoms with E-state index in [2.05, 4.69) is 47.4 Å². The molecule has 34 heavy (non-hydrogen) atoms. The molecule has 3 heterocycles. The van der Waals surface area contributed by atoms with E-state index in [1.807, 2.05) is 42.6 Å². The van der Waals surface area contributed by atoms with Crippen LogP contribution in [0.1, 0.15) is 35.1 Å². The van der Waals surface area contributed by atoms with Crippen molar-refractivity contribution < 1.29 is 18.9 Å². The Balaban J connectivity index is 1.22. The summed E-state index contributed by atoms with van der Waals surface area (Å²) in [6.45, 7) is 2.16. The highest BCUT2D eigenvalue weighted by Crippen LogP contribution is 2.47. The van der Waals surface area contributed by atoms with Gasteiger partial charge in [-0.1, -0.05) is 60.7 Å². The number of nitrogens with one attached hydrogen (secondary N) is 1. The molecule has 0 bridgehead atoms. The average molecular weight is 456 g/mol. The number of ether oxygens (including phenoxy) is 4. The van der Waals surface area contributed by atoms with Gasteiger partial charge in [0.15, 0.2) is 5.79 Å². The Labute approximate surface area is 199 Å². The summed E-state index contributed by atoms with van der Waals surface area (Å²) in [4.78, 5) is 3.33. The highest BCUT2D eigenvalue weighted by molar-refractivity contribution is 5.81. The second-order valence-corrected chi connectivity index (χ2v) is 9.21. The lowest BCUT2D eigenvalue weighted by atomic mass is 9.91. The number of benzene rings is 3. The number of aromatic amines is 1. The fourth-order valence-corrected chi connectivity index (χ4v) is 5.10. The van der Waals surface area contributed by atoms with Gasteiger partial charge in [-0.05, 0) is 40.3 Å². The summed E-state index contributed by atoms with van der Waals surface area (Å²) in [5, 5.41) is 1.19. The summed E-state index contributed by atoms with van der Waals surface area (Å²) in [7, 11) is 0. The van der Waals surface area contributed by atoms with Crippen molar-refractivity contribution in [3.05, 3.63) is 107 Å². The molecule has 0 saturated carbocycles. The maximum atomic E-state index is 6.67. The molecular formula is C29H29NO4. The van der Waals surface area contributed by atoms with Crippen LogP contribution in [0.15, 0.2) is 85.1 Å². The van der Waals surface area contributed by atoms with Gasteiger partial charge in [0.05, 0.1) is 38.6 Å². The zero-order valence-electron chi connectivity index (χ0n) is 19.1. The van der Waals surface area contributed by atoms with Crippen molar-refractivity contribution in [3.8, 4) is 0 Å². The Hall–Kier alpha value is -2.96.